The van der Waals surface area contributed by atoms with Crippen LogP contribution >= 0.6 is 0 Å². The third-order valence-electron chi connectivity index (χ3n) is 5.31. The highest BCUT2D eigenvalue weighted by molar-refractivity contribution is 5.77. The first kappa shape index (κ1) is 17.9. The summed E-state index contributed by atoms with van der Waals surface area (Å²) in [6, 6.07) is 8.77. The zero-order valence-corrected chi connectivity index (χ0v) is 15.3. The van der Waals surface area contributed by atoms with Gasteiger partial charge in [0.2, 0.25) is 5.91 Å². The quantitative estimate of drug-likeness (QED) is 0.750. The normalized spacial score (nSPS) is 15.8. The number of nitrogens with one attached hydrogen (secondary N) is 1. The highest BCUT2D eigenvalue weighted by Crippen LogP contribution is 2.21. The van der Waals surface area contributed by atoms with Gasteiger partial charge in [0.1, 0.15) is 0 Å². The number of aromatic nitrogens is 2. The summed E-state index contributed by atoms with van der Waals surface area (Å²) in [6.07, 6.45) is 10.1. The molecule has 136 valence electrons. The van der Waals surface area contributed by atoms with Gasteiger partial charge < -0.3 is 14.8 Å². The predicted octanol–water partition coefficient (Wildman–Crippen LogP) is 3.20. The summed E-state index contributed by atoms with van der Waals surface area (Å²) < 4.78 is 2.05. The first-order valence-electron chi connectivity index (χ1n) is 9.61. The molecule has 2 aromatic rings. The van der Waals surface area contributed by atoms with Gasteiger partial charge in [0.15, 0.2) is 0 Å². The summed E-state index contributed by atoms with van der Waals surface area (Å²) >= 11 is 0. The number of nitrogens with zero attached hydrogens (tertiary/aromatic N) is 3. The number of fused-ring (bicyclic) bond motifs is 1. The van der Waals surface area contributed by atoms with E-state index in [9.17, 15) is 4.79 Å². The number of aryl methyl sites for hydroxylation is 1. The van der Waals surface area contributed by atoms with Crippen LogP contribution in [0, 0.1) is 0 Å². The van der Waals surface area contributed by atoms with Crippen molar-refractivity contribution in [2.24, 2.45) is 0 Å². The van der Waals surface area contributed by atoms with Crippen molar-refractivity contribution in [1.82, 2.24) is 19.8 Å². The molecule has 1 saturated carbocycles. The lowest BCUT2D eigenvalue weighted by molar-refractivity contribution is -0.121. The van der Waals surface area contributed by atoms with Crippen LogP contribution in [0.25, 0.3) is 11.0 Å². The Kier molecular flexibility index (Phi) is 6.45. The number of para-hydroxylation sites is 2. The molecular weight excluding hydrogens is 312 g/mol. The van der Waals surface area contributed by atoms with E-state index in [2.05, 4.69) is 22.2 Å². The van der Waals surface area contributed by atoms with Gasteiger partial charge in [0.25, 0.3) is 0 Å². The number of rotatable bonds is 8. The van der Waals surface area contributed by atoms with Gasteiger partial charge in [-0.15, -0.1) is 0 Å². The number of hydrogen-bond donors (Lipinski definition) is 1. The number of imidazole rings is 1. The Balaban J connectivity index is 1.33. The van der Waals surface area contributed by atoms with Crippen molar-refractivity contribution >= 4 is 16.9 Å². The Labute approximate surface area is 150 Å². The summed E-state index contributed by atoms with van der Waals surface area (Å²) in [4.78, 5) is 18.9. The summed E-state index contributed by atoms with van der Waals surface area (Å²) in [5.74, 6) is 0.123. The van der Waals surface area contributed by atoms with E-state index in [0.29, 0.717) is 13.0 Å². The molecule has 1 fully saturated rings. The Morgan fingerprint density at radius 2 is 2.08 bits per heavy atom. The number of carbonyl (C=O) groups excluding carboxylic acids is 1. The monoisotopic (exact) mass is 342 g/mol. The fraction of sp³-hybridized carbons (Fsp3) is 0.600. The van der Waals surface area contributed by atoms with Crippen molar-refractivity contribution < 1.29 is 4.79 Å². The Bertz CT molecular complexity index is 675. The van der Waals surface area contributed by atoms with E-state index in [4.69, 9.17) is 0 Å². The van der Waals surface area contributed by atoms with Crippen molar-refractivity contribution in [2.45, 2.75) is 57.5 Å². The fourth-order valence-corrected chi connectivity index (χ4v) is 3.76. The molecule has 0 radical (unpaired) electrons. The van der Waals surface area contributed by atoms with Crippen LogP contribution < -0.4 is 5.32 Å². The lowest BCUT2D eigenvalue weighted by atomic mass is 9.94. The van der Waals surface area contributed by atoms with E-state index in [-0.39, 0.29) is 5.91 Å². The summed E-state index contributed by atoms with van der Waals surface area (Å²) in [7, 11) is 2.22. The summed E-state index contributed by atoms with van der Waals surface area (Å²) in [6.45, 7) is 2.51. The largest absolute Gasteiger partial charge is 0.356 e. The maximum absolute atomic E-state index is 12.1. The van der Waals surface area contributed by atoms with Crippen LogP contribution in [0.5, 0.6) is 0 Å². The van der Waals surface area contributed by atoms with Crippen LogP contribution in [0.15, 0.2) is 30.6 Å². The molecule has 0 unspecified atom stereocenters. The highest BCUT2D eigenvalue weighted by Gasteiger charge is 2.17. The maximum Gasteiger partial charge on any atom is 0.221 e. The Morgan fingerprint density at radius 1 is 1.28 bits per heavy atom. The van der Waals surface area contributed by atoms with Gasteiger partial charge in [-0.2, -0.15) is 0 Å². The molecule has 1 aliphatic rings. The van der Waals surface area contributed by atoms with Gasteiger partial charge in [0.05, 0.1) is 17.4 Å². The lowest BCUT2D eigenvalue weighted by Crippen LogP contribution is -2.35. The highest BCUT2D eigenvalue weighted by atomic mass is 16.1. The van der Waals surface area contributed by atoms with Crippen molar-refractivity contribution in [1.29, 1.82) is 0 Å². The SMILES string of the molecule is CN(CCCNC(=O)CCn1cnc2ccccc21)C1CCCCC1. The number of hydrogen-bond acceptors (Lipinski definition) is 3. The van der Waals surface area contributed by atoms with E-state index < -0.39 is 0 Å². The average molecular weight is 342 g/mol. The molecule has 1 aromatic heterocycles. The van der Waals surface area contributed by atoms with E-state index >= 15 is 0 Å². The van der Waals surface area contributed by atoms with Gasteiger partial charge in [0, 0.05) is 25.6 Å². The van der Waals surface area contributed by atoms with E-state index in [0.717, 1.165) is 36.6 Å². The predicted molar refractivity (Wildman–Crippen MR) is 101 cm³/mol. The third-order valence-corrected chi connectivity index (χ3v) is 5.31. The standard InChI is InChI=1S/C20H30N4O/c1-23(17-8-3-2-4-9-17)14-7-13-21-20(25)12-15-24-16-22-18-10-5-6-11-19(18)24/h5-6,10-11,16-17H,2-4,7-9,12-15H2,1H3,(H,21,25). The Morgan fingerprint density at radius 3 is 2.92 bits per heavy atom. The second kappa shape index (κ2) is 8.99. The molecule has 5 nitrogen and oxygen atoms in total. The molecule has 0 aliphatic heterocycles. The lowest BCUT2D eigenvalue weighted by Gasteiger charge is -2.31. The zero-order chi connectivity index (χ0) is 17.5. The van der Waals surface area contributed by atoms with Gasteiger partial charge in [-0.3, -0.25) is 4.79 Å². The van der Waals surface area contributed by atoms with Crippen molar-refractivity contribution in [3.8, 4) is 0 Å². The minimum Gasteiger partial charge on any atom is -0.356 e. The number of amides is 1. The molecular formula is C20H30N4O. The molecule has 1 amide bonds. The van der Waals surface area contributed by atoms with Gasteiger partial charge in [-0.25, -0.2) is 4.98 Å². The molecule has 1 N–H and O–H groups in total. The smallest absolute Gasteiger partial charge is 0.221 e. The average Bonchev–Trinajstić information content (AvgIpc) is 3.07. The summed E-state index contributed by atoms with van der Waals surface area (Å²) in [5.41, 5.74) is 2.07. The van der Waals surface area contributed by atoms with Crippen molar-refractivity contribution in [2.75, 3.05) is 20.1 Å². The van der Waals surface area contributed by atoms with E-state index in [1.807, 2.05) is 35.2 Å². The minimum absolute atomic E-state index is 0.123. The van der Waals surface area contributed by atoms with Crippen LogP contribution in [0.4, 0.5) is 0 Å². The molecule has 1 aliphatic carbocycles. The molecule has 1 heterocycles. The van der Waals surface area contributed by atoms with Crippen LogP contribution in [-0.4, -0.2) is 46.5 Å². The first-order chi connectivity index (χ1) is 12.2. The van der Waals surface area contributed by atoms with Gasteiger partial charge in [-0.1, -0.05) is 31.4 Å². The van der Waals surface area contributed by atoms with Crippen LogP contribution in [0.1, 0.15) is 44.9 Å². The van der Waals surface area contributed by atoms with Crippen LogP contribution in [-0.2, 0) is 11.3 Å². The molecule has 25 heavy (non-hydrogen) atoms. The van der Waals surface area contributed by atoms with Crippen LogP contribution in [0.2, 0.25) is 0 Å². The van der Waals surface area contributed by atoms with E-state index in [1.54, 1.807) is 0 Å². The molecule has 5 heteroatoms. The molecule has 0 saturated heterocycles. The molecule has 0 spiro atoms. The van der Waals surface area contributed by atoms with Crippen molar-refractivity contribution in [3.63, 3.8) is 0 Å². The molecule has 1 aromatic carbocycles. The second-order valence-electron chi connectivity index (χ2n) is 7.15. The molecule has 3 rings (SSSR count). The number of carbonyl (C=O) groups is 1. The van der Waals surface area contributed by atoms with Crippen LogP contribution in [0.3, 0.4) is 0 Å². The zero-order valence-electron chi connectivity index (χ0n) is 15.3. The summed E-state index contributed by atoms with van der Waals surface area (Å²) in [5, 5.41) is 3.05. The van der Waals surface area contributed by atoms with E-state index in [1.165, 1.54) is 32.1 Å². The molecule has 0 bridgehead atoms. The maximum atomic E-state index is 12.1. The van der Waals surface area contributed by atoms with Gasteiger partial charge in [-0.05, 0) is 45.0 Å². The third kappa shape index (κ3) is 5.05. The Hall–Kier alpha value is -1.88. The molecule has 0 atom stereocenters. The van der Waals surface area contributed by atoms with Gasteiger partial charge >= 0.3 is 0 Å². The minimum atomic E-state index is 0.123. The first-order valence-corrected chi connectivity index (χ1v) is 9.61. The second-order valence-corrected chi connectivity index (χ2v) is 7.15. The fourth-order valence-electron chi connectivity index (χ4n) is 3.76. The van der Waals surface area contributed by atoms with Crippen molar-refractivity contribution in [3.05, 3.63) is 30.6 Å². The topological polar surface area (TPSA) is 50.2 Å². The number of benzene rings is 1.